The third-order valence-electron chi connectivity index (χ3n) is 2.25. The lowest BCUT2D eigenvalue weighted by atomic mass is 9.93. The summed E-state index contributed by atoms with van der Waals surface area (Å²) in [4.78, 5) is 10.7. The van der Waals surface area contributed by atoms with Crippen molar-refractivity contribution in [2.45, 2.75) is 13.3 Å². The van der Waals surface area contributed by atoms with Gasteiger partial charge in [-0.2, -0.15) is 0 Å². The van der Waals surface area contributed by atoms with Crippen LogP contribution in [0.25, 0.3) is 0 Å². The molecule has 58 valence electrons. The summed E-state index contributed by atoms with van der Waals surface area (Å²) in [7, 11) is 0. The summed E-state index contributed by atoms with van der Waals surface area (Å²) < 4.78 is 0. The first-order valence-electron chi connectivity index (χ1n) is 3.72. The Morgan fingerprint density at radius 3 is 2.90 bits per heavy atom. The summed E-state index contributed by atoms with van der Waals surface area (Å²) >= 11 is 0. The topological polar surface area (TPSA) is 55.1 Å². The molecule has 1 rings (SSSR count). The molecule has 2 unspecified atom stereocenters. The third-order valence-corrected chi connectivity index (χ3v) is 2.25. The average molecular weight is 142 g/mol. The largest absolute Gasteiger partial charge is 0.369 e. The van der Waals surface area contributed by atoms with Crippen LogP contribution in [0.2, 0.25) is 0 Å². The van der Waals surface area contributed by atoms with E-state index in [2.05, 4.69) is 5.32 Å². The van der Waals surface area contributed by atoms with Crippen molar-refractivity contribution in [2.24, 2.45) is 17.6 Å². The van der Waals surface area contributed by atoms with E-state index in [1.54, 1.807) is 0 Å². The van der Waals surface area contributed by atoms with E-state index in [9.17, 15) is 4.79 Å². The Balaban J connectivity index is 2.39. The molecule has 0 aromatic rings. The Kier molecular flexibility index (Phi) is 2.27. The van der Waals surface area contributed by atoms with Gasteiger partial charge in [0, 0.05) is 5.92 Å². The van der Waals surface area contributed by atoms with Crippen LogP contribution in [0.15, 0.2) is 0 Å². The highest BCUT2D eigenvalue weighted by molar-refractivity contribution is 5.76. The second-order valence-corrected chi connectivity index (χ2v) is 2.94. The van der Waals surface area contributed by atoms with E-state index >= 15 is 0 Å². The third kappa shape index (κ3) is 1.48. The minimum atomic E-state index is -0.172. The average Bonchev–Trinajstić information content (AvgIpc) is 2.36. The van der Waals surface area contributed by atoms with E-state index in [0.29, 0.717) is 5.92 Å². The van der Waals surface area contributed by atoms with E-state index in [-0.39, 0.29) is 11.8 Å². The Morgan fingerprint density at radius 1 is 1.80 bits per heavy atom. The molecule has 2 atom stereocenters. The Bertz CT molecular complexity index is 130. The second-order valence-electron chi connectivity index (χ2n) is 2.94. The number of nitrogens with one attached hydrogen (secondary N) is 1. The Labute approximate surface area is 61.0 Å². The van der Waals surface area contributed by atoms with E-state index in [1.165, 1.54) is 0 Å². The number of hydrogen-bond acceptors (Lipinski definition) is 2. The molecule has 10 heavy (non-hydrogen) atoms. The van der Waals surface area contributed by atoms with Crippen LogP contribution in [0.5, 0.6) is 0 Å². The van der Waals surface area contributed by atoms with E-state index in [4.69, 9.17) is 5.73 Å². The highest BCUT2D eigenvalue weighted by Gasteiger charge is 2.24. The van der Waals surface area contributed by atoms with Gasteiger partial charge in [-0.1, -0.05) is 6.92 Å². The van der Waals surface area contributed by atoms with Gasteiger partial charge in [-0.05, 0) is 25.4 Å². The molecule has 3 nitrogen and oxygen atoms in total. The van der Waals surface area contributed by atoms with Crippen molar-refractivity contribution in [3.8, 4) is 0 Å². The molecule has 3 N–H and O–H groups in total. The van der Waals surface area contributed by atoms with Crippen molar-refractivity contribution in [3.63, 3.8) is 0 Å². The molecule has 0 radical (unpaired) electrons. The number of hydrogen-bond donors (Lipinski definition) is 2. The van der Waals surface area contributed by atoms with Gasteiger partial charge in [-0.3, -0.25) is 4.79 Å². The summed E-state index contributed by atoms with van der Waals surface area (Å²) in [6.07, 6.45) is 1.09. The minimum absolute atomic E-state index is 0.0370. The van der Waals surface area contributed by atoms with Gasteiger partial charge in [-0.25, -0.2) is 0 Å². The van der Waals surface area contributed by atoms with Gasteiger partial charge in [0.15, 0.2) is 0 Å². The Morgan fingerprint density at radius 2 is 2.50 bits per heavy atom. The van der Waals surface area contributed by atoms with Gasteiger partial charge in [0.1, 0.15) is 0 Å². The van der Waals surface area contributed by atoms with Gasteiger partial charge in [0.25, 0.3) is 0 Å². The number of rotatable bonds is 2. The molecule has 3 heteroatoms. The van der Waals surface area contributed by atoms with E-state index in [0.717, 1.165) is 19.5 Å². The molecule has 0 aliphatic carbocycles. The number of primary amides is 1. The maximum Gasteiger partial charge on any atom is 0.220 e. The normalized spacial score (nSPS) is 28.3. The monoisotopic (exact) mass is 142 g/mol. The molecular formula is C7H14N2O. The van der Waals surface area contributed by atoms with Crippen molar-refractivity contribution in [1.29, 1.82) is 0 Å². The molecule has 0 spiro atoms. The van der Waals surface area contributed by atoms with Crippen molar-refractivity contribution in [3.05, 3.63) is 0 Å². The van der Waals surface area contributed by atoms with Gasteiger partial charge >= 0.3 is 0 Å². The maximum absolute atomic E-state index is 10.7. The van der Waals surface area contributed by atoms with Crippen molar-refractivity contribution >= 4 is 5.91 Å². The molecule has 1 saturated heterocycles. The van der Waals surface area contributed by atoms with Crippen molar-refractivity contribution < 1.29 is 4.79 Å². The van der Waals surface area contributed by atoms with Gasteiger partial charge in [0.05, 0.1) is 0 Å². The standard InChI is InChI=1S/C7H14N2O/c1-5(7(8)10)6-2-3-9-4-6/h5-6,9H,2-4H2,1H3,(H2,8,10). The molecule has 0 aromatic carbocycles. The first-order valence-corrected chi connectivity index (χ1v) is 3.72. The van der Waals surface area contributed by atoms with Gasteiger partial charge in [0.2, 0.25) is 5.91 Å². The fourth-order valence-electron chi connectivity index (χ4n) is 1.34. The van der Waals surface area contributed by atoms with Crippen LogP contribution in [0, 0.1) is 11.8 Å². The molecule has 0 bridgehead atoms. The lowest BCUT2D eigenvalue weighted by Crippen LogP contribution is -2.28. The zero-order valence-corrected chi connectivity index (χ0v) is 6.26. The smallest absolute Gasteiger partial charge is 0.220 e. The number of amides is 1. The molecule has 1 aliphatic heterocycles. The number of carbonyl (C=O) groups is 1. The predicted molar refractivity (Wildman–Crippen MR) is 39.3 cm³/mol. The second kappa shape index (κ2) is 3.01. The van der Waals surface area contributed by atoms with Gasteiger partial charge in [-0.15, -0.1) is 0 Å². The first-order chi connectivity index (χ1) is 4.72. The summed E-state index contributed by atoms with van der Waals surface area (Å²) in [6, 6.07) is 0. The van der Waals surface area contributed by atoms with Crippen LogP contribution < -0.4 is 11.1 Å². The molecular weight excluding hydrogens is 128 g/mol. The Hall–Kier alpha value is -0.570. The van der Waals surface area contributed by atoms with Crippen LogP contribution in [-0.2, 0) is 4.79 Å². The van der Waals surface area contributed by atoms with Crippen LogP contribution >= 0.6 is 0 Å². The fourth-order valence-corrected chi connectivity index (χ4v) is 1.34. The summed E-state index contributed by atoms with van der Waals surface area (Å²) in [6.45, 7) is 3.88. The molecule has 0 saturated carbocycles. The van der Waals surface area contributed by atoms with Gasteiger partial charge < -0.3 is 11.1 Å². The van der Waals surface area contributed by atoms with Crippen molar-refractivity contribution in [1.82, 2.24) is 5.32 Å². The maximum atomic E-state index is 10.7. The summed E-state index contributed by atoms with van der Waals surface area (Å²) in [5.74, 6) is 0.334. The fraction of sp³-hybridized carbons (Fsp3) is 0.857. The van der Waals surface area contributed by atoms with Crippen LogP contribution in [0.3, 0.4) is 0 Å². The zero-order valence-electron chi connectivity index (χ0n) is 6.26. The highest BCUT2D eigenvalue weighted by Crippen LogP contribution is 2.17. The predicted octanol–water partition coefficient (Wildman–Crippen LogP) is -0.283. The van der Waals surface area contributed by atoms with Crippen LogP contribution in [-0.4, -0.2) is 19.0 Å². The lowest BCUT2D eigenvalue weighted by molar-refractivity contribution is -0.122. The zero-order chi connectivity index (χ0) is 7.56. The first kappa shape index (κ1) is 7.54. The SMILES string of the molecule is CC(C(N)=O)C1CCNC1. The van der Waals surface area contributed by atoms with E-state index < -0.39 is 0 Å². The molecule has 1 amide bonds. The quantitative estimate of drug-likeness (QED) is 0.557. The molecule has 0 aromatic heterocycles. The highest BCUT2D eigenvalue weighted by atomic mass is 16.1. The van der Waals surface area contributed by atoms with Crippen LogP contribution in [0.1, 0.15) is 13.3 Å². The number of carbonyl (C=O) groups excluding carboxylic acids is 1. The number of nitrogens with two attached hydrogens (primary N) is 1. The minimum Gasteiger partial charge on any atom is -0.369 e. The molecule has 1 heterocycles. The molecule has 1 fully saturated rings. The van der Waals surface area contributed by atoms with Crippen molar-refractivity contribution in [2.75, 3.05) is 13.1 Å². The molecule has 1 aliphatic rings. The van der Waals surface area contributed by atoms with Crippen LogP contribution in [0.4, 0.5) is 0 Å². The summed E-state index contributed by atoms with van der Waals surface area (Å²) in [5, 5.41) is 3.20. The lowest BCUT2D eigenvalue weighted by Gasteiger charge is -2.13. The summed E-state index contributed by atoms with van der Waals surface area (Å²) in [5.41, 5.74) is 5.15. The van der Waals surface area contributed by atoms with E-state index in [1.807, 2.05) is 6.92 Å².